The molecule has 1 fully saturated rings. The quantitative estimate of drug-likeness (QED) is 0.606. The maximum absolute atomic E-state index is 10.3. The minimum absolute atomic E-state index is 0.569. The predicted octanol–water partition coefficient (Wildman–Crippen LogP) is 4.13. The van der Waals surface area contributed by atoms with Crippen LogP contribution in [0.3, 0.4) is 0 Å². The first-order chi connectivity index (χ1) is 9.81. The Kier molecular flexibility index (Phi) is 5.32. The van der Waals surface area contributed by atoms with E-state index in [-0.39, 0.29) is 0 Å². The Balaban J connectivity index is 1.85. The van der Waals surface area contributed by atoms with E-state index < -0.39 is 0 Å². The molecule has 0 bridgehead atoms. The van der Waals surface area contributed by atoms with Crippen LogP contribution in [0.5, 0.6) is 0 Å². The second kappa shape index (κ2) is 7.45. The summed E-state index contributed by atoms with van der Waals surface area (Å²) in [6.07, 6.45) is 13.6. The number of nitriles is 1. The molecule has 0 aromatic heterocycles. The van der Waals surface area contributed by atoms with Crippen molar-refractivity contribution in [2.24, 2.45) is 11.8 Å². The van der Waals surface area contributed by atoms with Gasteiger partial charge in [0.15, 0.2) is 0 Å². The van der Waals surface area contributed by atoms with E-state index in [0.717, 1.165) is 24.7 Å². The van der Waals surface area contributed by atoms with Crippen molar-refractivity contribution in [3.05, 3.63) is 53.6 Å². The lowest BCUT2D eigenvalue weighted by atomic mass is 9.81. The van der Waals surface area contributed by atoms with Crippen LogP contribution in [-0.2, 0) is 4.79 Å². The summed E-state index contributed by atoms with van der Waals surface area (Å²) in [4.78, 5) is 10.3. The van der Waals surface area contributed by atoms with Crippen LogP contribution >= 0.6 is 0 Å². The van der Waals surface area contributed by atoms with E-state index in [0.29, 0.717) is 17.4 Å². The van der Waals surface area contributed by atoms with Gasteiger partial charge in [-0.25, -0.2) is 0 Å². The van der Waals surface area contributed by atoms with Gasteiger partial charge in [0.25, 0.3) is 0 Å². The minimum Gasteiger partial charge on any atom is -0.299 e. The summed E-state index contributed by atoms with van der Waals surface area (Å²) in [6.45, 7) is 0. The Morgan fingerprint density at radius 1 is 1.00 bits per heavy atom. The number of aldehydes is 1. The summed E-state index contributed by atoms with van der Waals surface area (Å²) in [6, 6.07) is 9.78. The maximum atomic E-state index is 10.3. The topological polar surface area (TPSA) is 40.9 Å². The van der Waals surface area contributed by atoms with Crippen molar-refractivity contribution in [3.63, 3.8) is 0 Å². The molecule has 1 aliphatic rings. The number of allylic oxidation sites excluding steroid dienone is 3. The van der Waals surface area contributed by atoms with Crippen LogP contribution in [0.25, 0.3) is 6.08 Å². The number of hydrogen-bond donors (Lipinski definition) is 0. The van der Waals surface area contributed by atoms with Crippen molar-refractivity contribution in [2.45, 2.75) is 25.7 Å². The highest BCUT2D eigenvalue weighted by atomic mass is 16.1. The zero-order chi connectivity index (χ0) is 14.2. The first kappa shape index (κ1) is 14.3. The molecule has 20 heavy (non-hydrogen) atoms. The highest BCUT2D eigenvalue weighted by molar-refractivity contribution is 5.64. The third-order valence-electron chi connectivity index (χ3n) is 3.88. The van der Waals surface area contributed by atoms with Crippen LogP contribution in [0.4, 0.5) is 0 Å². The molecule has 2 rings (SSSR count). The molecule has 0 unspecified atom stereocenters. The second-order valence-corrected chi connectivity index (χ2v) is 5.29. The molecule has 2 nitrogen and oxygen atoms in total. The third kappa shape index (κ3) is 4.20. The molecule has 1 aromatic carbocycles. The molecular weight excluding hydrogens is 246 g/mol. The lowest BCUT2D eigenvalue weighted by Gasteiger charge is -2.24. The molecule has 0 saturated heterocycles. The molecular formula is C18H19NO. The molecule has 0 radical (unpaired) electrons. The van der Waals surface area contributed by atoms with Gasteiger partial charge >= 0.3 is 0 Å². The number of benzene rings is 1. The molecule has 0 atom stereocenters. The second-order valence-electron chi connectivity index (χ2n) is 5.29. The summed E-state index contributed by atoms with van der Waals surface area (Å²) in [7, 11) is 0. The van der Waals surface area contributed by atoms with E-state index >= 15 is 0 Å². The number of nitrogens with zero attached hydrogens (tertiary/aromatic N) is 1. The van der Waals surface area contributed by atoms with E-state index in [2.05, 4.69) is 18.2 Å². The highest BCUT2D eigenvalue weighted by Gasteiger charge is 2.17. The summed E-state index contributed by atoms with van der Waals surface area (Å²) in [5.74, 6) is 1.20. The van der Waals surface area contributed by atoms with Crippen molar-refractivity contribution in [2.75, 3.05) is 0 Å². The zero-order valence-corrected chi connectivity index (χ0v) is 11.5. The molecule has 0 N–H and O–H groups in total. The van der Waals surface area contributed by atoms with Crippen molar-refractivity contribution >= 4 is 12.4 Å². The summed E-state index contributed by atoms with van der Waals surface area (Å²) in [5.41, 5.74) is 1.84. The molecule has 0 aliphatic heterocycles. The third-order valence-corrected chi connectivity index (χ3v) is 3.88. The van der Waals surface area contributed by atoms with Gasteiger partial charge in [-0.3, -0.25) is 4.79 Å². The predicted molar refractivity (Wildman–Crippen MR) is 80.8 cm³/mol. The van der Waals surface area contributed by atoms with Crippen molar-refractivity contribution < 1.29 is 4.79 Å². The zero-order valence-electron chi connectivity index (χ0n) is 11.5. The van der Waals surface area contributed by atoms with E-state index in [1.54, 1.807) is 6.08 Å². The van der Waals surface area contributed by atoms with Crippen LogP contribution in [0.2, 0.25) is 0 Å². The van der Waals surface area contributed by atoms with Gasteiger partial charge in [-0.15, -0.1) is 0 Å². The van der Waals surface area contributed by atoms with Gasteiger partial charge < -0.3 is 0 Å². The smallest absolute Gasteiger partial charge is 0.142 e. The lowest BCUT2D eigenvalue weighted by Crippen LogP contribution is -2.11. The normalized spacial score (nSPS) is 22.9. The van der Waals surface area contributed by atoms with Gasteiger partial charge in [0.2, 0.25) is 0 Å². The van der Waals surface area contributed by atoms with Crippen LogP contribution < -0.4 is 0 Å². The van der Waals surface area contributed by atoms with E-state index in [4.69, 9.17) is 5.26 Å². The number of carbonyl (C=O) groups is 1. The number of carbonyl (C=O) groups excluding carboxylic acids is 1. The van der Waals surface area contributed by atoms with E-state index in [9.17, 15) is 4.79 Å². The fourth-order valence-electron chi connectivity index (χ4n) is 2.65. The first-order valence-corrected chi connectivity index (χ1v) is 7.12. The molecule has 0 spiro atoms. The molecule has 102 valence electrons. The average Bonchev–Trinajstić information content (AvgIpc) is 2.52. The van der Waals surface area contributed by atoms with Gasteiger partial charge in [0.1, 0.15) is 6.29 Å². The summed E-state index contributed by atoms with van der Waals surface area (Å²) >= 11 is 0. The molecule has 1 aliphatic carbocycles. The molecule has 2 heteroatoms. The maximum Gasteiger partial charge on any atom is 0.142 e. The minimum atomic E-state index is 0.569. The molecule has 1 saturated carbocycles. The van der Waals surface area contributed by atoms with E-state index in [1.807, 2.05) is 30.3 Å². The van der Waals surface area contributed by atoms with Gasteiger partial charge in [-0.1, -0.05) is 30.4 Å². The summed E-state index contributed by atoms with van der Waals surface area (Å²) in [5, 5.41) is 8.75. The fraction of sp³-hybridized carbons (Fsp3) is 0.333. The van der Waals surface area contributed by atoms with Crippen molar-refractivity contribution in [1.82, 2.24) is 0 Å². The van der Waals surface area contributed by atoms with Crippen molar-refractivity contribution in [3.8, 4) is 6.07 Å². The van der Waals surface area contributed by atoms with Gasteiger partial charge in [-0.05, 0) is 61.3 Å². The Hall–Kier alpha value is -2.14. The largest absolute Gasteiger partial charge is 0.299 e. The highest BCUT2D eigenvalue weighted by Crippen LogP contribution is 2.30. The Morgan fingerprint density at radius 3 is 2.15 bits per heavy atom. The summed E-state index contributed by atoms with van der Waals surface area (Å²) < 4.78 is 0. The standard InChI is InChI=1S/C18H19NO/c19-14-18-11-9-17(10-12-18)8-7-16-5-3-15(4-6-16)2-1-13-20/h1-2,7-13,15-16H,3-6H2/b2-1?,8-7+. The Bertz CT molecular complexity index is 526. The van der Waals surface area contributed by atoms with Gasteiger partial charge in [0.05, 0.1) is 11.6 Å². The lowest BCUT2D eigenvalue weighted by molar-refractivity contribution is -0.104. The van der Waals surface area contributed by atoms with E-state index in [1.165, 1.54) is 12.8 Å². The SMILES string of the molecule is N#Cc1ccc(/C=C/C2CCC(C=CC=O)CC2)cc1. The first-order valence-electron chi connectivity index (χ1n) is 7.12. The van der Waals surface area contributed by atoms with Crippen LogP contribution in [0, 0.1) is 23.2 Å². The molecule has 0 amide bonds. The number of rotatable bonds is 4. The number of hydrogen-bond acceptors (Lipinski definition) is 2. The van der Waals surface area contributed by atoms with Crippen LogP contribution in [0.1, 0.15) is 36.8 Å². The van der Waals surface area contributed by atoms with Gasteiger partial charge in [0, 0.05) is 0 Å². The fourth-order valence-corrected chi connectivity index (χ4v) is 2.65. The van der Waals surface area contributed by atoms with Crippen LogP contribution in [0.15, 0.2) is 42.5 Å². The Morgan fingerprint density at radius 2 is 1.60 bits per heavy atom. The monoisotopic (exact) mass is 265 g/mol. The van der Waals surface area contributed by atoms with Gasteiger partial charge in [-0.2, -0.15) is 5.26 Å². The molecule has 0 heterocycles. The van der Waals surface area contributed by atoms with Crippen molar-refractivity contribution in [1.29, 1.82) is 5.26 Å². The average molecular weight is 265 g/mol. The molecule has 1 aromatic rings. The Labute approximate surface area is 120 Å². The van der Waals surface area contributed by atoms with Crippen LogP contribution in [-0.4, -0.2) is 6.29 Å².